The largest absolute Gasteiger partial charge is 0.346 e. The third-order valence-electron chi connectivity index (χ3n) is 4.89. The maximum absolute atomic E-state index is 13.4. The Morgan fingerprint density at radius 1 is 1.19 bits per heavy atom. The molecular weight excluding hydrogens is 324 g/mol. The van der Waals surface area contributed by atoms with Crippen molar-refractivity contribution in [2.45, 2.75) is 32.7 Å². The topological polar surface area (TPSA) is 61.9 Å². The van der Waals surface area contributed by atoms with E-state index in [2.05, 4.69) is 15.0 Å². The molecule has 1 aliphatic carbocycles. The normalized spacial score (nSPS) is 16.1. The molecule has 1 N–H and O–H groups in total. The maximum Gasteiger partial charge on any atom is 0.231 e. The lowest BCUT2D eigenvalue weighted by atomic mass is 9.88. The van der Waals surface area contributed by atoms with Crippen LogP contribution in [0.1, 0.15) is 29.2 Å². The summed E-state index contributed by atoms with van der Waals surface area (Å²) in [5.41, 5.74) is 3.31. The predicted molar refractivity (Wildman–Crippen MR) is 101 cm³/mol. The van der Waals surface area contributed by atoms with Crippen molar-refractivity contribution in [3.63, 3.8) is 0 Å². The van der Waals surface area contributed by atoms with Crippen LogP contribution in [0.4, 0.5) is 5.82 Å². The van der Waals surface area contributed by atoms with E-state index in [1.54, 1.807) is 6.20 Å². The predicted octanol–water partition coefficient (Wildman–Crippen LogP) is 3.45. The van der Waals surface area contributed by atoms with E-state index in [-0.39, 0.29) is 11.8 Å². The number of carbonyl (C=O) groups is 1. The number of nitrogens with one attached hydrogen (secondary N) is 1. The van der Waals surface area contributed by atoms with E-state index in [9.17, 15) is 4.79 Å². The highest BCUT2D eigenvalue weighted by molar-refractivity contribution is 5.94. The number of rotatable bonds is 4. The molecule has 0 spiro atoms. The first-order valence-electron chi connectivity index (χ1n) is 9.01. The van der Waals surface area contributed by atoms with Crippen molar-refractivity contribution in [3.05, 3.63) is 77.5 Å². The zero-order chi connectivity index (χ0) is 17.9. The summed E-state index contributed by atoms with van der Waals surface area (Å²) in [6.45, 7) is 2.49. The van der Waals surface area contributed by atoms with E-state index in [4.69, 9.17) is 0 Å². The molecular formula is C21H22N4O. The van der Waals surface area contributed by atoms with Gasteiger partial charge in [0, 0.05) is 24.2 Å². The Labute approximate surface area is 153 Å². The first-order valence-corrected chi connectivity index (χ1v) is 9.01. The van der Waals surface area contributed by atoms with Gasteiger partial charge in [-0.05, 0) is 37.5 Å². The first-order chi connectivity index (χ1) is 12.7. The fourth-order valence-corrected chi connectivity index (χ4v) is 3.61. The standard InChI is InChI=1S/C21H22N4O/c1-15-23-18-11-10-17(13-19(18)24-15)21(26)25(20-9-5-6-12-22-20)14-16-7-3-2-4-8-16/h2-9,12,17H,10-11,13-14H2,1H3,(H,23,24)/t17-/m1/s1. The maximum atomic E-state index is 13.4. The van der Waals surface area contributed by atoms with Crippen molar-refractivity contribution in [1.29, 1.82) is 0 Å². The number of hydrogen-bond acceptors (Lipinski definition) is 3. The van der Waals surface area contributed by atoms with Crippen LogP contribution in [0.3, 0.4) is 0 Å². The zero-order valence-electron chi connectivity index (χ0n) is 14.9. The molecule has 1 aliphatic rings. The molecule has 26 heavy (non-hydrogen) atoms. The highest BCUT2D eigenvalue weighted by atomic mass is 16.2. The van der Waals surface area contributed by atoms with Crippen molar-refractivity contribution < 1.29 is 4.79 Å². The molecule has 0 aliphatic heterocycles. The van der Waals surface area contributed by atoms with Crippen molar-refractivity contribution in [2.24, 2.45) is 5.92 Å². The summed E-state index contributed by atoms with van der Waals surface area (Å²) in [7, 11) is 0. The van der Waals surface area contributed by atoms with Crippen molar-refractivity contribution in [1.82, 2.24) is 15.0 Å². The average Bonchev–Trinajstić information content (AvgIpc) is 3.06. The van der Waals surface area contributed by atoms with Gasteiger partial charge in [0.05, 0.1) is 12.2 Å². The lowest BCUT2D eigenvalue weighted by Gasteiger charge is -2.28. The van der Waals surface area contributed by atoms with Gasteiger partial charge in [-0.3, -0.25) is 9.69 Å². The van der Waals surface area contributed by atoms with Gasteiger partial charge in [0.2, 0.25) is 5.91 Å². The molecule has 132 valence electrons. The molecule has 0 unspecified atom stereocenters. The minimum absolute atomic E-state index is 0.0481. The summed E-state index contributed by atoms with van der Waals surface area (Å²) in [5.74, 6) is 1.71. The Bertz CT molecular complexity index is 889. The third kappa shape index (κ3) is 3.38. The molecule has 1 atom stereocenters. The number of aryl methyl sites for hydroxylation is 2. The number of imidazole rings is 1. The van der Waals surface area contributed by atoms with Crippen LogP contribution >= 0.6 is 0 Å². The number of aromatic nitrogens is 3. The quantitative estimate of drug-likeness (QED) is 0.787. The third-order valence-corrected chi connectivity index (χ3v) is 4.89. The fraction of sp³-hybridized carbons (Fsp3) is 0.286. The number of amides is 1. The van der Waals surface area contributed by atoms with E-state index in [1.807, 2.05) is 60.4 Å². The summed E-state index contributed by atoms with van der Waals surface area (Å²) in [4.78, 5) is 27.4. The number of anilines is 1. The summed E-state index contributed by atoms with van der Waals surface area (Å²) in [5, 5.41) is 0. The Balaban J connectivity index is 1.60. The van der Waals surface area contributed by atoms with Gasteiger partial charge >= 0.3 is 0 Å². The average molecular weight is 346 g/mol. The van der Waals surface area contributed by atoms with E-state index in [0.717, 1.165) is 35.6 Å². The van der Waals surface area contributed by atoms with Crippen molar-refractivity contribution in [3.8, 4) is 0 Å². The van der Waals surface area contributed by atoms with Crippen LogP contribution in [0.25, 0.3) is 0 Å². The molecule has 3 aromatic rings. The number of pyridine rings is 1. The molecule has 0 radical (unpaired) electrons. The highest BCUT2D eigenvalue weighted by Gasteiger charge is 2.31. The van der Waals surface area contributed by atoms with E-state index >= 15 is 0 Å². The van der Waals surface area contributed by atoms with Gasteiger partial charge in [0.1, 0.15) is 11.6 Å². The number of benzene rings is 1. The van der Waals surface area contributed by atoms with Gasteiger partial charge in [0.15, 0.2) is 0 Å². The van der Waals surface area contributed by atoms with Gasteiger partial charge in [-0.1, -0.05) is 36.4 Å². The molecule has 0 fully saturated rings. The van der Waals surface area contributed by atoms with Crippen LogP contribution in [0.2, 0.25) is 0 Å². The number of nitrogens with zero attached hydrogens (tertiary/aromatic N) is 3. The minimum Gasteiger partial charge on any atom is -0.346 e. The van der Waals surface area contributed by atoms with Gasteiger partial charge in [0.25, 0.3) is 0 Å². The van der Waals surface area contributed by atoms with Crippen molar-refractivity contribution >= 4 is 11.7 Å². The second-order valence-corrected chi connectivity index (χ2v) is 6.79. The van der Waals surface area contributed by atoms with Crippen molar-refractivity contribution in [2.75, 3.05) is 4.90 Å². The van der Waals surface area contributed by atoms with Crippen LogP contribution in [0.15, 0.2) is 54.7 Å². The minimum atomic E-state index is -0.0481. The van der Waals surface area contributed by atoms with Gasteiger partial charge in [-0.15, -0.1) is 0 Å². The molecule has 5 nitrogen and oxygen atoms in total. The molecule has 5 heteroatoms. The number of hydrogen-bond donors (Lipinski definition) is 1. The number of fused-ring (bicyclic) bond motifs is 1. The van der Waals surface area contributed by atoms with Crippen LogP contribution in [-0.2, 0) is 24.2 Å². The molecule has 4 rings (SSSR count). The summed E-state index contributed by atoms with van der Waals surface area (Å²) >= 11 is 0. The Morgan fingerprint density at radius 3 is 2.77 bits per heavy atom. The Kier molecular flexibility index (Phi) is 4.52. The monoisotopic (exact) mass is 346 g/mol. The van der Waals surface area contributed by atoms with Crippen LogP contribution in [0.5, 0.6) is 0 Å². The molecule has 0 bridgehead atoms. The molecule has 0 saturated carbocycles. The number of aromatic amines is 1. The molecule has 1 amide bonds. The fourth-order valence-electron chi connectivity index (χ4n) is 3.61. The zero-order valence-corrected chi connectivity index (χ0v) is 14.9. The van der Waals surface area contributed by atoms with E-state index in [0.29, 0.717) is 18.8 Å². The van der Waals surface area contributed by atoms with Crippen LogP contribution < -0.4 is 4.90 Å². The Hall–Kier alpha value is -2.95. The number of H-pyrrole nitrogens is 1. The van der Waals surface area contributed by atoms with Gasteiger partial charge in [-0.25, -0.2) is 9.97 Å². The van der Waals surface area contributed by atoms with E-state index in [1.165, 1.54) is 0 Å². The summed E-state index contributed by atoms with van der Waals surface area (Å²) < 4.78 is 0. The molecule has 0 saturated heterocycles. The van der Waals surface area contributed by atoms with Crippen LogP contribution in [0, 0.1) is 12.8 Å². The smallest absolute Gasteiger partial charge is 0.231 e. The van der Waals surface area contributed by atoms with E-state index < -0.39 is 0 Å². The second kappa shape index (κ2) is 7.12. The molecule has 1 aromatic carbocycles. The van der Waals surface area contributed by atoms with Gasteiger partial charge in [-0.2, -0.15) is 0 Å². The molecule has 2 aromatic heterocycles. The van der Waals surface area contributed by atoms with Gasteiger partial charge < -0.3 is 4.98 Å². The first kappa shape index (κ1) is 16.5. The lowest BCUT2D eigenvalue weighted by molar-refractivity contribution is -0.122. The van der Waals surface area contributed by atoms with Crippen LogP contribution in [-0.4, -0.2) is 20.9 Å². The number of carbonyl (C=O) groups excluding carboxylic acids is 1. The summed E-state index contributed by atoms with van der Waals surface area (Å²) in [6, 6.07) is 15.8. The Morgan fingerprint density at radius 2 is 2.00 bits per heavy atom. The lowest BCUT2D eigenvalue weighted by Crippen LogP contribution is -2.38. The second-order valence-electron chi connectivity index (χ2n) is 6.79. The summed E-state index contributed by atoms with van der Waals surface area (Å²) in [6.07, 6.45) is 4.12. The molecule has 2 heterocycles. The highest BCUT2D eigenvalue weighted by Crippen LogP contribution is 2.27. The SMILES string of the molecule is Cc1nc2c([nH]1)C[C@H](C(=O)N(Cc1ccccc1)c1ccccn1)CC2.